The van der Waals surface area contributed by atoms with Crippen LogP contribution in [-0.4, -0.2) is 15.9 Å². The van der Waals surface area contributed by atoms with Crippen molar-refractivity contribution in [2.45, 2.75) is 0 Å². The molecule has 1 amide bonds. The van der Waals surface area contributed by atoms with Crippen LogP contribution in [0.4, 0.5) is 0 Å². The topological polar surface area (TPSA) is 71.8 Å². The van der Waals surface area contributed by atoms with Crippen molar-refractivity contribution in [3.8, 4) is 22.4 Å². The average Bonchev–Trinajstić information content (AvgIpc) is 2.98. The van der Waals surface area contributed by atoms with Gasteiger partial charge in [-0.25, -0.2) is 4.98 Å². The molecule has 0 aliphatic carbocycles. The van der Waals surface area contributed by atoms with Gasteiger partial charge in [0.1, 0.15) is 0 Å². The number of nitrogens with one attached hydrogen (secondary N) is 1. The van der Waals surface area contributed by atoms with Gasteiger partial charge in [-0.05, 0) is 17.7 Å². The Bertz CT molecular complexity index is 811. The summed E-state index contributed by atoms with van der Waals surface area (Å²) in [7, 11) is 0. The van der Waals surface area contributed by atoms with Gasteiger partial charge in [0.15, 0.2) is 5.82 Å². The van der Waals surface area contributed by atoms with Gasteiger partial charge in [-0.15, -0.1) is 0 Å². The van der Waals surface area contributed by atoms with Crippen LogP contribution in [0, 0.1) is 0 Å². The third-order valence-electron chi connectivity index (χ3n) is 3.17. The molecule has 3 N–H and O–H groups in total. The number of nitrogens with zero attached hydrogens (tertiary/aromatic N) is 1. The fraction of sp³-hybridized carbons (Fsp3) is 0. The van der Waals surface area contributed by atoms with Crippen molar-refractivity contribution in [1.29, 1.82) is 0 Å². The number of amides is 1. The standard InChI is InChI=1S/C16H12ClN3O/c17-13-7-2-1-6-12(13)10-4-3-5-11(8-10)14-9-19-16(20-14)15(18)21/h1-9H,(H2,18,21)(H,19,20). The van der Waals surface area contributed by atoms with Crippen molar-refractivity contribution in [3.63, 3.8) is 0 Å². The number of halogens is 1. The van der Waals surface area contributed by atoms with E-state index >= 15 is 0 Å². The monoisotopic (exact) mass is 297 g/mol. The lowest BCUT2D eigenvalue weighted by atomic mass is 10.0. The Morgan fingerprint density at radius 2 is 1.86 bits per heavy atom. The Balaban J connectivity index is 2.04. The van der Waals surface area contributed by atoms with Gasteiger partial charge in [0.05, 0.1) is 11.9 Å². The van der Waals surface area contributed by atoms with Crippen LogP contribution in [-0.2, 0) is 0 Å². The Morgan fingerprint density at radius 3 is 2.57 bits per heavy atom. The summed E-state index contributed by atoms with van der Waals surface area (Å²) in [5, 5.41) is 0.692. The van der Waals surface area contributed by atoms with E-state index in [0.29, 0.717) is 5.02 Å². The van der Waals surface area contributed by atoms with Gasteiger partial charge in [-0.3, -0.25) is 4.79 Å². The molecule has 0 aliphatic rings. The summed E-state index contributed by atoms with van der Waals surface area (Å²) in [5.74, 6) is -0.434. The number of benzene rings is 2. The van der Waals surface area contributed by atoms with Crippen LogP contribution in [0.1, 0.15) is 10.6 Å². The zero-order valence-electron chi connectivity index (χ0n) is 11.0. The van der Waals surface area contributed by atoms with Crippen LogP contribution in [0.5, 0.6) is 0 Å². The minimum absolute atomic E-state index is 0.146. The molecule has 1 heterocycles. The second-order valence-corrected chi connectivity index (χ2v) is 4.98. The second-order valence-electron chi connectivity index (χ2n) is 4.57. The lowest BCUT2D eigenvalue weighted by Gasteiger charge is -2.06. The number of hydrogen-bond acceptors (Lipinski definition) is 2. The summed E-state index contributed by atoms with van der Waals surface area (Å²) in [6, 6.07) is 15.5. The summed E-state index contributed by atoms with van der Waals surface area (Å²) in [6.07, 6.45) is 1.59. The van der Waals surface area contributed by atoms with Crippen LogP contribution < -0.4 is 5.73 Å². The molecule has 0 saturated carbocycles. The summed E-state index contributed by atoms with van der Waals surface area (Å²) >= 11 is 6.22. The molecule has 0 radical (unpaired) electrons. The number of H-pyrrole nitrogens is 1. The predicted octanol–water partition coefficient (Wildman–Crippen LogP) is 3.50. The number of hydrogen-bond donors (Lipinski definition) is 2. The summed E-state index contributed by atoms with van der Waals surface area (Å²) in [6.45, 7) is 0. The van der Waals surface area contributed by atoms with Crippen molar-refractivity contribution in [2.24, 2.45) is 5.73 Å². The van der Waals surface area contributed by atoms with E-state index in [1.807, 2.05) is 48.5 Å². The summed E-state index contributed by atoms with van der Waals surface area (Å²) < 4.78 is 0. The molecule has 21 heavy (non-hydrogen) atoms. The molecule has 5 heteroatoms. The van der Waals surface area contributed by atoms with Crippen LogP contribution in [0.15, 0.2) is 54.7 Å². The van der Waals surface area contributed by atoms with Crippen LogP contribution in [0.3, 0.4) is 0 Å². The van der Waals surface area contributed by atoms with Crippen molar-refractivity contribution >= 4 is 17.5 Å². The highest BCUT2D eigenvalue weighted by molar-refractivity contribution is 6.33. The van der Waals surface area contributed by atoms with Crippen molar-refractivity contribution in [1.82, 2.24) is 9.97 Å². The number of aromatic amines is 1. The molecular formula is C16H12ClN3O. The molecule has 2 aromatic carbocycles. The Morgan fingerprint density at radius 1 is 1.10 bits per heavy atom. The van der Waals surface area contributed by atoms with E-state index in [-0.39, 0.29) is 5.82 Å². The number of carbonyl (C=O) groups excluding carboxylic acids is 1. The maximum atomic E-state index is 11.1. The van der Waals surface area contributed by atoms with Crippen LogP contribution in [0.2, 0.25) is 5.02 Å². The van der Waals surface area contributed by atoms with Gasteiger partial charge in [0.2, 0.25) is 0 Å². The van der Waals surface area contributed by atoms with Gasteiger partial charge >= 0.3 is 0 Å². The van der Waals surface area contributed by atoms with E-state index < -0.39 is 5.91 Å². The van der Waals surface area contributed by atoms with Crippen LogP contribution >= 0.6 is 11.6 Å². The molecule has 0 atom stereocenters. The molecule has 0 fully saturated rings. The van der Waals surface area contributed by atoms with E-state index in [2.05, 4.69) is 9.97 Å². The Kier molecular flexibility index (Phi) is 3.46. The van der Waals surface area contributed by atoms with Crippen molar-refractivity contribution in [2.75, 3.05) is 0 Å². The fourth-order valence-corrected chi connectivity index (χ4v) is 2.39. The number of carbonyl (C=O) groups is 1. The van der Waals surface area contributed by atoms with Crippen molar-refractivity contribution < 1.29 is 4.79 Å². The largest absolute Gasteiger partial charge is 0.363 e. The molecule has 4 nitrogen and oxygen atoms in total. The smallest absolute Gasteiger partial charge is 0.284 e. The fourth-order valence-electron chi connectivity index (χ4n) is 2.14. The molecule has 0 aliphatic heterocycles. The van der Waals surface area contributed by atoms with E-state index in [1.54, 1.807) is 6.20 Å². The first-order valence-corrected chi connectivity index (χ1v) is 6.73. The van der Waals surface area contributed by atoms with Gasteiger partial charge in [0, 0.05) is 16.1 Å². The van der Waals surface area contributed by atoms with Crippen LogP contribution in [0.25, 0.3) is 22.4 Å². The summed E-state index contributed by atoms with van der Waals surface area (Å²) in [4.78, 5) is 17.9. The third-order valence-corrected chi connectivity index (χ3v) is 3.50. The number of nitrogens with two attached hydrogens (primary N) is 1. The second kappa shape index (κ2) is 5.42. The van der Waals surface area contributed by atoms with Gasteiger partial charge in [-0.1, -0.05) is 48.0 Å². The van der Waals surface area contributed by atoms with E-state index in [1.165, 1.54) is 0 Å². The Hall–Kier alpha value is -2.59. The number of imidazole rings is 1. The molecule has 1 aromatic heterocycles. The highest BCUT2D eigenvalue weighted by Gasteiger charge is 2.09. The van der Waals surface area contributed by atoms with Crippen molar-refractivity contribution in [3.05, 3.63) is 65.6 Å². The molecule has 0 unspecified atom stereocenters. The maximum Gasteiger partial charge on any atom is 0.284 e. The average molecular weight is 298 g/mol. The minimum atomic E-state index is -0.580. The van der Waals surface area contributed by atoms with E-state index in [0.717, 1.165) is 22.4 Å². The molecule has 3 aromatic rings. The SMILES string of the molecule is NC(=O)c1ncc(-c2cccc(-c3ccccc3Cl)c2)[nH]1. The first-order valence-electron chi connectivity index (χ1n) is 6.35. The van der Waals surface area contributed by atoms with Gasteiger partial charge in [-0.2, -0.15) is 0 Å². The highest BCUT2D eigenvalue weighted by Crippen LogP contribution is 2.30. The lowest BCUT2D eigenvalue weighted by molar-refractivity contribution is 0.0991. The highest BCUT2D eigenvalue weighted by atomic mass is 35.5. The first kappa shape index (κ1) is 13.4. The number of aromatic nitrogens is 2. The quantitative estimate of drug-likeness (QED) is 0.776. The lowest BCUT2D eigenvalue weighted by Crippen LogP contribution is -2.12. The number of rotatable bonds is 3. The predicted molar refractivity (Wildman–Crippen MR) is 83.0 cm³/mol. The van der Waals surface area contributed by atoms with E-state index in [9.17, 15) is 4.79 Å². The molecule has 0 spiro atoms. The molecule has 104 valence electrons. The zero-order chi connectivity index (χ0) is 14.8. The van der Waals surface area contributed by atoms with Gasteiger partial charge < -0.3 is 10.7 Å². The molecule has 0 saturated heterocycles. The molecular weight excluding hydrogens is 286 g/mol. The number of primary amides is 1. The molecule has 3 rings (SSSR count). The Labute approximate surface area is 126 Å². The zero-order valence-corrected chi connectivity index (χ0v) is 11.8. The third kappa shape index (κ3) is 2.66. The van der Waals surface area contributed by atoms with E-state index in [4.69, 9.17) is 17.3 Å². The normalized spacial score (nSPS) is 10.5. The summed E-state index contributed by atoms with van der Waals surface area (Å²) in [5.41, 5.74) is 8.79. The maximum absolute atomic E-state index is 11.1. The van der Waals surface area contributed by atoms with Gasteiger partial charge in [0.25, 0.3) is 5.91 Å². The first-order chi connectivity index (χ1) is 10.1. The minimum Gasteiger partial charge on any atom is -0.363 e. The molecule has 0 bridgehead atoms.